The highest BCUT2D eigenvalue weighted by atomic mass is 14.1. The molecule has 0 aromatic heterocycles. The topological polar surface area (TPSA) is 0 Å². The zero-order valence-corrected chi connectivity index (χ0v) is 15.2. The minimum absolute atomic E-state index is 1.25. The molecule has 3 aromatic rings. The van der Waals surface area contributed by atoms with E-state index < -0.39 is 0 Å². The van der Waals surface area contributed by atoms with Gasteiger partial charge in [0.1, 0.15) is 0 Å². The van der Waals surface area contributed by atoms with Gasteiger partial charge >= 0.3 is 0 Å². The van der Waals surface area contributed by atoms with Gasteiger partial charge in [-0.3, -0.25) is 0 Å². The summed E-state index contributed by atoms with van der Waals surface area (Å²) in [4.78, 5) is 0. The van der Waals surface area contributed by atoms with Gasteiger partial charge in [0.05, 0.1) is 0 Å². The Bertz CT molecular complexity index is 909. The molecular weight excluding hydrogens is 300 g/mol. The lowest BCUT2D eigenvalue weighted by atomic mass is 9.92. The molecule has 0 bridgehead atoms. The summed E-state index contributed by atoms with van der Waals surface area (Å²) in [6.45, 7) is 6.27. The van der Waals surface area contributed by atoms with Crippen LogP contribution in [-0.4, -0.2) is 0 Å². The summed E-state index contributed by atoms with van der Waals surface area (Å²) >= 11 is 0. The Morgan fingerprint density at radius 3 is 2.04 bits per heavy atom. The first-order valence-corrected chi connectivity index (χ1v) is 8.79. The van der Waals surface area contributed by atoms with Crippen molar-refractivity contribution in [3.8, 4) is 22.3 Å². The van der Waals surface area contributed by atoms with Crippen LogP contribution in [0.25, 0.3) is 27.8 Å². The molecule has 0 unspecified atom stereocenters. The smallest absolute Gasteiger partial charge is 0.0105 e. The molecule has 124 valence electrons. The van der Waals surface area contributed by atoms with Crippen LogP contribution in [0.3, 0.4) is 0 Å². The minimum Gasteiger partial charge on any atom is -0.0871 e. The standard InChI is InChI=1S/C25H24/c1-4-9-20(5-2)22-10-8-11-23(18-22)25-13-7-6-12-24(25)21-16-14-19(3)15-17-21/h4-18H,1-3H3. The number of benzene rings is 3. The summed E-state index contributed by atoms with van der Waals surface area (Å²) < 4.78 is 0. The minimum atomic E-state index is 1.25. The van der Waals surface area contributed by atoms with Gasteiger partial charge in [-0.05, 0) is 60.2 Å². The molecule has 0 aliphatic rings. The SMILES string of the molecule is CC=CC(=CC)c1cccc(-c2ccccc2-c2ccc(C)cc2)c1. The average Bonchev–Trinajstić information content (AvgIpc) is 2.67. The van der Waals surface area contributed by atoms with Gasteiger partial charge in [0.25, 0.3) is 0 Å². The van der Waals surface area contributed by atoms with Crippen LogP contribution in [0.5, 0.6) is 0 Å². The Balaban J connectivity index is 2.10. The largest absolute Gasteiger partial charge is 0.0871 e. The van der Waals surface area contributed by atoms with Crippen molar-refractivity contribution in [2.24, 2.45) is 0 Å². The fourth-order valence-electron chi connectivity index (χ4n) is 3.12. The monoisotopic (exact) mass is 324 g/mol. The molecule has 0 amide bonds. The molecule has 0 spiro atoms. The normalized spacial score (nSPS) is 11.9. The van der Waals surface area contributed by atoms with Crippen LogP contribution in [0.1, 0.15) is 25.0 Å². The van der Waals surface area contributed by atoms with E-state index in [1.807, 2.05) is 0 Å². The highest BCUT2D eigenvalue weighted by molar-refractivity contribution is 5.85. The van der Waals surface area contributed by atoms with Gasteiger partial charge in [-0.1, -0.05) is 90.5 Å². The van der Waals surface area contributed by atoms with E-state index in [0.29, 0.717) is 0 Å². The van der Waals surface area contributed by atoms with Crippen molar-refractivity contribution in [3.63, 3.8) is 0 Å². The summed E-state index contributed by atoms with van der Waals surface area (Å²) in [5.74, 6) is 0. The van der Waals surface area contributed by atoms with E-state index in [1.165, 1.54) is 39.0 Å². The van der Waals surface area contributed by atoms with Crippen LogP contribution < -0.4 is 0 Å². The van der Waals surface area contributed by atoms with E-state index in [4.69, 9.17) is 0 Å². The highest BCUT2D eigenvalue weighted by Gasteiger charge is 2.08. The molecule has 0 heteroatoms. The summed E-state index contributed by atoms with van der Waals surface area (Å²) in [5.41, 5.74) is 8.82. The first-order chi connectivity index (χ1) is 12.2. The highest BCUT2D eigenvalue weighted by Crippen LogP contribution is 2.33. The van der Waals surface area contributed by atoms with Gasteiger partial charge in [0.15, 0.2) is 0 Å². The van der Waals surface area contributed by atoms with Crippen molar-refractivity contribution in [2.45, 2.75) is 20.8 Å². The summed E-state index contributed by atoms with van der Waals surface area (Å²) in [5, 5.41) is 0. The van der Waals surface area contributed by atoms with Gasteiger partial charge in [0.2, 0.25) is 0 Å². The fraction of sp³-hybridized carbons (Fsp3) is 0.120. The molecule has 0 saturated heterocycles. The van der Waals surface area contributed by atoms with Crippen LogP contribution in [-0.2, 0) is 0 Å². The van der Waals surface area contributed by atoms with Gasteiger partial charge in [0, 0.05) is 0 Å². The van der Waals surface area contributed by atoms with E-state index in [0.717, 1.165) is 0 Å². The maximum atomic E-state index is 2.28. The molecule has 0 heterocycles. The molecule has 0 aliphatic carbocycles. The van der Waals surface area contributed by atoms with E-state index in [2.05, 4.69) is 112 Å². The van der Waals surface area contributed by atoms with Crippen LogP contribution >= 0.6 is 0 Å². The zero-order valence-electron chi connectivity index (χ0n) is 15.2. The second-order valence-corrected chi connectivity index (χ2v) is 6.24. The number of aryl methyl sites for hydroxylation is 1. The fourth-order valence-corrected chi connectivity index (χ4v) is 3.12. The van der Waals surface area contributed by atoms with Crippen LogP contribution in [0, 0.1) is 6.92 Å². The summed E-state index contributed by atoms with van der Waals surface area (Å²) in [7, 11) is 0. The van der Waals surface area contributed by atoms with Gasteiger partial charge < -0.3 is 0 Å². The molecular formula is C25H24. The summed E-state index contributed by atoms with van der Waals surface area (Å²) in [6.07, 6.45) is 6.40. The van der Waals surface area contributed by atoms with E-state index in [-0.39, 0.29) is 0 Å². The number of hydrogen-bond donors (Lipinski definition) is 0. The quantitative estimate of drug-likeness (QED) is 0.441. The molecule has 0 fully saturated rings. The lowest BCUT2D eigenvalue weighted by Gasteiger charge is -2.12. The second kappa shape index (κ2) is 7.81. The Kier molecular flexibility index (Phi) is 5.30. The van der Waals surface area contributed by atoms with E-state index >= 15 is 0 Å². The van der Waals surface area contributed by atoms with Gasteiger partial charge in [-0.2, -0.15) is 0 Å². The predicted octanol–water partition coefficient (Wildman–Crippen LogP) is 7.31. The molecule has 0 radical (unpaired) electrons. The maximum Gasteiger partial charge on any atom is -0.0105 e. The van der Waals surface area contributed by atoms with Crippen LogP contribution in [0.4, 0.5) is 0 Å². The van der Waals surface area contributed by atoms with Gasteiger partial charge in [-0.25, -0.2) is 0 Å². The van der Waals surface area contributed by atoms with E-state index in [9.17, 15) is 0 Å². The molecule has 0 atom stereocenters. The molecule has 0 aliphatic heterocycles. The Hall–Kier alpha value is -2.86. The van der Waals surface area contributed by atoms with Crippen molar-refractivity contribution in [3.05, 3.63) is 102 Å². The lowest BCUT2D eigenvalue weighted by molar-refractivity contribution is 1.47. The van der Waals surface area contributed by atoms with Crippen molar-refractivity contribution in [1.82, 2.24) is 0 Å². The van der Waals surface area contributed by atoms with Crippen LogP contribution in [0.15, 0.2) is 91.0 Å². The zero-order chi connectivity index (χ0) is 17.6. The van der Waals surface area contributed by atoms with Gasteiger partial charge in [-0.15, -0.1) is 0 Å². The molecule has 25 heavy (non-hydrogen) atoms. The molecule has 3 aromatic carbocycles. The summed E-state index contributed by atoms with van der Waals surface area (Å²) in [6, 6.07) is 26.2. The van der Waals surface area contributed by atoms with Crippen molar-refractivity contribution >= 4 is 5.57 Å². The third-order valence-corrected chi connectivity index (χ3v) is 4.45. The second-order valence-electron chi connectivity index (χ2n) is 6.24. The molecule has 3 rings (SSSR count). The Labute approximate surface area is 151 Å². The number of rotatable bonds is 4. The first kappa shape index (κ1) is 17.0. The third kappa shape index (κ3) is 3.80. The van der Waals surface area contributed by atoms with Crippen molar-refractivity contribution in [2.75, 3.05) is 0 Å². The Morgan fingerprint density at radius 2 is 1.40 bits per heavy atom. The predicted molar refractivity (Wildman–Crippen MR) is 111 cm³/mol. The van der Waals surface area contributed by atoms with Crippen LogP contribution in [0.2, 0.25) is 0 Å². The molecule has 0 saturated carbocycles. The van der Waals surface area contributed by atoms with Crippen molar-refractivity contribution < 1.29 is 0 Å². The lowest BCUT2D eigenvalue weighted by Crippen LogP contribution is -1.87. The molecule has 0 N–H and O–H groups in total. The maximum absolute atomic E-state index is 2.28. The first-order valence-electron chi connectivity index (χ1n) is 8.79. The average molecular weight is 324 g/mol. The van der Waals surface area contributed by atoms with Crippen molar-refractivity contribution in [1.29, 1.82) is 0 Å². The Morgan fingerprint density at radius 1 is 0.720 bits per heavy atom. The molecule has 0 nitrogen and oxygen atoms in total. The number of hydrogen-bond acceptors (Lipinski definition) is 0. The van der Waals surface area contributed by atoms with E-state index in [1.54, 1.807) is 0 Å². The third-order valence-electron chi connectivity index (χ3n) is 4.45. The number of allylic oxidation sites excluding steroid dienone is 4.